The molecule has 0 saturated heterocycles. The van der Waals surface area contributed by atoms with E-state index in [0.29, 0.717) is 5.56 Å². The number of aliphatic imine (C=N–C) groups is 1. The van der Waals surface area contributed by atoms with Gasteiger partial charge in [0.15, 0.2) is 0 Å². The molecule has 19 heavy (non-hydrogen) atoms. The van der Waals surface area contributed by atoms with Gasteiger partial charge in [-0.15, -0.1) is 0 Å². The first-order chi connectivity index (χ1) is 9.28. The summed E-state index contributed by atoms with van der Waals surface area (Å²) in [5.74, 6) is -0.334. The van der Waals surface area contributed by atoms with E-state index in [9.17, 15) is 4.79 Å². The maximum atomic E-state index is 11.5. The molecule has 0 spiro atoms. The lowest BCUT2D eigenvalue weighted by Gasteiger charge is -2.06. The van der Waals surface area contributed by atoms with Crippen LogP contribution in [0.5, 0.6) is 0 Å². The van der Waals surface area contributed by atoms with Crippen LogP contribution in [-0.4, -0.2) is 19.3 Å². The highest BCUT2D eigenvalue weighted by Gasteiger charge is 2.13. The summed E-state index contributed by atoms with van der Waals surface area (Å²) >= 11 is 0. The van der Waals surface area contributed by atoms with E-state index in [-0.39, 0.29) is 5.97 Å². The fourth-order valence-electron chi connectivity index (χ4n) is 2.24. The Morgan fingerprint density at radius 1 is 1.16 bits per heavy atom. The zero-order chi connectivity index (χ0) is 13.2. The standard InChI is InChI=1S/C16H13NO2/c1-19-16(18)13-7-6-12-8-11-4-2-3-5-14(11)10-17-15(12)9-13/h2-7,9-10H,8H2,1H3. The second-order valence-corrected chi connectivity index (χ2v) is 4.47. The van der Waals surface area contributed by atoms with Gasteiger partial charge in [0.1, 0.15) is 0 Å². The molecule has 0 fully saturated rings. The van der Waals surface area contributed by atoms with Crippen molar-refractivity contribution in [3.05, 3.63) is 64.7 Å². The predicted octanol–water partition coefficient (Wildman–Crippen LogP) is 3.13. The average Bonchev–Trinajstić information content (AvgIpc) is 2.64. The maximum Gasteiger partial charge on any atom is 0.337 e. The Morgan fingerprint density at radius 2 is 2.00 bits per heavy atom. The Morgan fingerprint density at radius 3 is 2.84 bits per heavy atom. The van der Waals surface area contributed by atoms with Gasteiger partial charge in [-0.3, -0.25) is 4.99 Å². The molecule has 0 atom stereocenters. The van der Waals surface area contributed by atoms with E-state index in [0.717, 1.165) is 23.2 Å². The number of methoxy groups -OCH3 is 1. The van der Waals surface area contributed by atoms with Crippen LogP contribution < -0.4 is 0 Å². The molecule has 1 heterocycles. The molecule has 3 nitrogen and oxygen atoms in total. The van der Waals surface area contributed by atoms with Gasteiger partial charge < -0.3 is 4.74 Å². The van der Waals surface area contributed by atoms with Gasteiger partial charge in [0.25, 0.3) is 0 Å². The first-order valence-corrected chi connectivity index (χ1v) is 6.11. The molecule has 0 unspecified atom stereocenters. The molecule has 1 aliphatic rings. The highest BCUT2D eigenvalue weighted by atomic mass is 16.5. The van der Waals surface area contributed by atoms with Crippen molar-refractivity contribution in [2.45, 2.75) is 6.42 Å². The van der Waals surface area contributed by atoms with Crippen molar-refractivity contribution in [2.75, 3.05) is 7.11 Å². The molecule has 0 aliphatic carbocycles. The summed E-state index contributed by atoms with van der Waals surface area (Å²) in [6.07, 6.45) is 2.68. The molecule has 3 rings (SSSR count). The molecular formula is C16H13NO2. The third-order valence-corrected chi connectivity index (χ3v) is 3.29. The Balaban J connectivity index is 2.06. The van der Waals surface area contributed by atoms with Crippen molar-refractivity contribution in [3.63, 3.8) is 0 Å². The van der Waals surface area contributed by atoms with Crippen LogP contribution in [-0.2, 0) is 11.2 Å². The molecule has 0 radical (unpaired) electrons. The van der Waals surface area contributed by atoms with E-state index in [1.54, 1.807) is 12.1 Å². The first-order valence-electron chi connectivity index (χ1n) is 6.11. The number of hydrogen-bond acceptors (Lipinski definition) is 3. The Kier molecular flexibility index (Phi) is 2.88. The highest BCUT2D eigenvalue weighted by Crippen LogP contribution is 2.27. The van der Waals surface area contributed by atoms with E-state index < -0.39 is 0 Å². The van der Waals surface area contributed by atoms with Crippen molar-refractivity contribution in [1.29, 1.82) is 0 Å². The third-order valence-electron chi connectivity index (χ3n) is 3.29. The van der Waals surface area contributed by atoms with E-state index in [2.05, 4.69) is 11.1 Å². The molecule has 2 aromatic rings. The third kappa shape index (κ3) is 2.15. The molecule has 1 aliphatic heterocycles. The topological polar surface area (TPSA) is 38.7 Å². The van der Waals surface area contributed by atoms with Crippen LogP contribution in [0.4, 0.5) is 5.69 Å². The SMILES string of the molecule is COC(=O)c1ccc2c(c1)N=Cc1ccccc1C2. The van der Waals surface area contributed by atoms with Crippen LogP contribution in [0.25, 0.3) is 0 Å². The summed E-state index contributed by atoms with van der Waals surface area (Å²) < 4.78 is 4.73. The van der Waals surface area contributed by atoms with Crippen LogP contribution in [0.3, 0.4) is 0 Å². The number of ether oxygens (including phenoxy) is 1. The first kappa shape index (κ1) is 11.7. The number of benzene rings is 2. The molecular weight excluding hydrogens is 238 g/mol. The normalized spacial score (nSPS) is 12.3. The molecule has 0 N–H and O–H groups in total. The van der Waals surface area contributed by atoms with Crippen molar-refractivity contribution >= 4 is 17.9 Å². The summed E-state index contributed by atoms with van der Waals surface area (Å²) in [6.45, 7) is 0. The molecule has 0 saturated carbocycles. The van der Waals surface area contributed by atoms with Crippen LogP contribution in [0, 0.1) is 0 Å². The van der Waals surface area contributed by atoms with Crippen LogP contribution >= 0.6 is 0 Å². The zero-order valence-electron chi connectivity index (χ0n) is 10.6. The fraction of sp³-hybridized carbons (Fsp3) is 0.125. The average molecular weight is 251 g/mol. The van der Waals surface area contributed by atoms with E-state index >= 15 is 0 Å². The molecule has 3 heteroatoms. The zero-order valence-corrected chi connectivity index (χ0v) is 10.6. The lowest BCUT2D eigenvalue weighted by molar-refractivity contribution is 0.0601. The lowest BCUT2D eigenvalue weighted by Crippen LogP contribution is -2.01. The Bertz CT molecular complexity index is 674. The quantitative estimate of drug-likeness (QED) is 0.623. The van der Waals surface area contributed by atoms with Crippen LogP contribution in [0.1, 0.15) is 27.0 Å². The van der Waals surface area contributed by atoms with Gasteiger partial charge in [0.05, 0.1) is 18.4 Å². The van der Waals surface area contributed by atoms with Gasteiger partial charge in [0.2, 0.25) is 0 Å². The van der Waals surface area contributed by atoms with Crippen molar-refractivity contribution in [3.8, 4) is 0 Å². The lowest BCUT2D eigenvalue weighted by atomic mass is 9.99. The van der Waals surface area contributed by atoms with Gasteiger partial charge in [-0.2, -0.15) is 0 Å². The Hall–Kier alpha value is -2.42. The maximum absolute atomic E-state index is 11.5. The number of carbonyl (C=O) groups is 1. The molecule has 0 amide bonds. The molecule has 2 aromatic carbocycles. The van der Waals surface area contributed by atoms with Crippen molar-refractivity contribution in [2.24, 2.45) is 4.99 Å². The van der Waals surface area contributed by atoms with E-state index in [1.165, 1.54) is 12.7 Å². The van der Waals surface area contributed by atoms with E-state index in [4.69, 9.17) is 4.74 Å². The molecule has 0 bridgehead atoms. The highest BCUT2D eigenvalue weighted by molar-refractivity contribution is 5.92. The number of rotatable bonds is 1. The second-order valence-electron chi connectivity index (χ2n) is 4.47. The van der Waals surface area contributed by atoms with Crippen molar-refractivity contribution < 1.29 is 9.53 Å². The Labute approximate surface area is 111 Å². The number of esters is 1. The molecule has 94 valence electrons. The van der Waals surface area contributed by atoms with Gasteiger partial charge in [-0.05, 0) is 28.8 Å². The number of carbonyl (C=O) groups excluding carboxylic acids is 1. The monoisotopic (exact) mass is 251 g/mol. The van der Waals surface area contributed by atoms with Gasteiger partial charge in [-0.1, -0.05) is 30.3 Å². The van der Waals surface area contributed by atoms with Crippen molar-refractivity contribution in [1.82, 2.24) is 0 Å². The smallest absolute Gasteiger partial charge is 0.337 e. The summed E-state index contributed by atoms with van der Waals surface area (Å²) in [5.41, 5.74) is 4.85. The minimum absolute atomic E-state index is 0.334. The minimum atomic E-state index is -0.334. The van der Waals surface area contributed by atoms with Crippen LogP contribution in [0.2, 0.25) is 0 Å². The largest absolute Gasteiger partial charge is 0.465 e. The second kappa shape index (κ2) is 4.69. The number of nitrogens with zero attached hydrogens (tertiary/aromatic N) is 1. The predicted molar refractivity (Wildman–Crippen MR) is 74.3 cm³/mol. The number of fused-ring (bicyclic) bond motifs is 2. The minimum Gasteiger partial charge on any atom is -0.465 e. The number of hydrogen-bond donors (Lipinski definition) is 0. The molecule has 0 aromatic heterocycles. The summed E-state index contributed by atoms with van der Waals surface area (Å²) in [4.78, 5) is 16.0. The summed E-state index contributed by atoms with van der Waals surface area (Å²) in [6, 6.07) is 13.7. The summed E-state index contributed by atoms with van der Waals surface area (Å²) in [7, 11) is 1.38. The van der Waals surface area contributed by atoms with Gasteiger partial charge in [-0.25, -0.2) is 4.79 Å². The van der Waals surface area contributed by atoms with Gasteiger partial charge in [0, 0.05) is 12.6 Å². The van der Waals surface area contributed by atoms with E-state index in [1.807, 2.05) is 30.5 Å². The fourth-order valence-corrected chi connectivity index (χ4v) is 2.24. The summed E-state index contributed by atoms with van der Waals surface area (Å²) in [5, 5.41) is 0. The van der Waals surface area contributed by atoms with Crippen LogP contribution in [0.15, 0.2) is 47.5 Å². The van der Waals surface area contributed by atoms with Gasteiger partial charge >= 0.3 is 5.97 Å².